The number of benzene rings is 1. The Hall–Kier alpha value is -1.86. The van der Waals surface area contributed by atoms with Crippen LogP contribution in [0.5, 0.6) is 5.75 Å². The first-order chi connectivity index (χ1) is 10.5. The van der Waals surface area contributed by atoms with Crippen LogP contribution in [0, 0.1) is 0 Å². The number of carbonyl (C=O) groups is 2. The number of carboxylic acid groups (broad SMARTS) is 1. The number of hydrogen-bond acceptors (Lipinski definition) is 5. The molecule has 0 aliphatic carbocycles. The molecular formula is C15H15NO4S2. The minimum Gasteiger partial charge on any atom is -0.493 e. The number of carboxylic acids is 1. The van der Waals surface area contributed by atoms with Crippen LogP contribution in [-0.2, 0) is 9.59 Å². The molecule has 1 saturated heterocycles. The second-order valence-corrected chi connectivity index (χ2v) is 6.21. The monoisotopic (exact) mass is 337 g/mol. The Labute approximate surface area is 137 Å². The van der Waals surface area contributed by atoms with Crippen LogP contribution in [0.3, 0.4) is 0 Å². The van der Waals surface area contributed by atoms with Crippen molar-refractivity contribution in [3.8, 4) is 5.75 Å². The highest BCUT2D eigenvalue weighted by molar-refractivity contribution is 8.26. The standard InChI is InChI=1S/C15H15NO4S2/c1-3-20-11-7-5-4-6-10(11)8-12-13(17)16(15(21)22-12)9(2)14(18)19/h4-9H,3H2,1-2H3,(H,18,19)/b12-8+/t9-/m1/s1. The van der Waals surface area contributed by atoms with E-state index in [1.807, 2.05) is 31.2 Å². The lowest BCUT2D eigenvalue weighted by Gasteiger charge is -2.18. The van der Waals surface area contributed by atoms with E-state index < -0.39 is 17.9 Å². The minimum absolute atomic E-state index is 0.250. The summed E-state index contributed by atoms with van der Waals surface area (Å²) in [5, 5.41) is 9.07. The van der Waals surface area contributed by atoms with Gasteiger partial charge in [0.05, 0.1) is 11.5 Å². The van der Waals surface area contributed by atoms with Crippen molar-refractivity contribution >= 4 is 46.3 Å². The van der Waals surface area contributed by atoms with E-state index in [4.69, 9.17) is 22.1 Å². The number of thioether (sulfide) groups is 1. The van der Waals surface area contributed by atoms with Gasteiger partial charge in [-0.3, -0.25) is 9.69 Å². The molecule has 1 heterocycles. The summed E-state index contributed by atoms with van der Waals surface area (Å²) in [5.41, 5.74) is 0.757. The number of hydrogen-bond donors (Lipinski definition) is 1. The van der Waals surface area contributed by atoms with E-state index in [0.29, 0.717) is 17.3 Å². The topological polar surface area (TPSA) is 66.8 Å². The zero-order valence-electron chi connectivity index (χ0n) is 12.1. The lowest BCUT2D eigenvalue weighted by atomic mass is 10.2. The van der Waals surface area contributed by atoms with Gasteiger partial charge in [0, 0.05) is 5.56 Å². The smallest absolute Gasteiger partial charge is 0.326 e. The van der Waals surface area contributed by atoms with Crippen LogP contribution in [0.25, 0.3) is 6.08 Å². The highest BCUT2D eigenvalue weighted by Gasteiger charge is 2.38. The molecule has 7 heteroatoms. The molecule has 0 unspecified atom stereocenters. The van der Waals surface area contributed by atoms with Gasteiger partial charge in [-0.05, 0) is 26.0 Å². The average Bonchev–Trinajstić information content (AvgIpc) is 2.75. The summed E-state index contributed by atoms with van der Waals surface area (Å²) >= 11 is 6.22. The van der Waals surface area contributed by atoms with E-state index in [1.54, 1.807) is 6.08 Å². The van der Waals surface area contributed by atoms with Crippen LogP contribution in [-0.4, -0.2) is 38.9 Å². The van der Waals surface area contributed by atoms with Crippen LogP contribution >= 0.6 is 24.0 Å². The third kappa shape index (κ3) is 3.31. The molecular weight excluding hydrogens is 322 g/mol. The van der Waals surface area contributed by atoms with Crippen LogP contribution in [0.4, 0.5) is 0 Å². The molecule has 1 N–H and O–H groups in total. The zero-order valence-corrected chi connectivity index (χ0v) is 13.7. The fourth-order valence-corrected chi connectivity index (χ4v) is 3.36. The van der Waals surface area contributed by atoms with E-state index in [1.165, 1.54) is 6.92 Å². The van der Waals surface area contributed by atoms with Crippen molar-refractivity contribution in [1.82, 2.24) is 4.90 Å². The molecule has 1 atom stereocenters. The van der Waals surface area contributed by atoms with Gasteiger partial charge in [-0.25, -0.2) is 4.79 Å². The Morgan fingerprint density at radius 1 is 1.50 bits per heavy atom. The molecule has 1 fully saturated rings. The lowest BCUT2D eigenvalue weighted by Crippen LogP contribution is -2.41. The molecule has 5 nitrogen and oxygen atoms in total. The van der Waals surface area contributed by atoms with Crippen molar-refractivity contribution in [2.24, 2.45) is 0 Å². The fraction of sp³-hybridized carbons (Fsp3) is 0.267. The van der Waals surface area contributed by atoms with Crippen LogP contribution in [0.15, 0.2) is 29.2 Å². The molecule has 0 saturated carbocycles. The van der Waals surface area contributed by atoms with Crippen molar-refractivity contribution < 1.29 is 19.4 Å². The van der Waals surface area contributed by atoms with Gasteiger partial charge in [0.25, 0.3) is 5.91 Å². The Kier molecular flexibility index (Phi) is 5.20. The molecule has 1 aliphatic rings. The predicted octanol–water partition coefficient (Wildman–Crippen LogP) is 2.76. The Bertz CT molecular complexity index is 657. The van der Waals surface area contributed by atoms with Crippen LogP contribution in [0.1, 0.15) is 19.4 Å². The first kappa shape index (κ1) is 16.5. The van der Waals surface area contributed by atoms with E-state index in [2.05, 4.69) is 0 Å². The average molecular weight is 337 g/mol. The third-order valence-corrected chi connectivity index (χ3v) is 4.40. The number of amides is 1. The first-order valence-corrected chi connectivity index (χ1v) is 7.90. The number of aliphatic carboxylic acids is 1. The van der Waals surface area contributed by atoms with Crippen LogP contribution < -0.4 is 4.74 Å². The quantitative estimate of drug-likeness (QED) is 0.658. The van der Waals surface area contributed by atoms with Gasteiger partial charge < -0.3 is 9.84 Å². The summed E-state index contributed by atoms with van der Waals surface area (Å²) in [6, 6.07) is 6.35. The van der Waals surface area contributed by atoms with Gasteiger partial charge >= 0.3 is 5.97 Å². The second-order valence-electron chi connectivity index (χ2n) is 4.54. The summed E-state index contributed by atoms with van der Waals surface area (Å²) in [4.78, 5) is 25.0. The van der Waals surface area contributed by atoms with Crippen molar-refractivity contribution in [2.45, 2.75) is 19.9 Å². The maximum absolute atomic E-state index is 12.4. The van der Waals surface area contributed by atoms with E-state index in [9.17, 15) is 9.59 Å². The van der Waals surface area contributed by atoms with Gasteiger partial charge in [-0.2, -0.15) is 0 Å². The van der Waals surface area contributed by atoms with Gasteiger partial charge in [-0.15, -0.1) is 0 Å². The van der Waals surface area contributed by atoms with Crippen molar-refractivity contribution in [1.29, 1.82) is 0 Å². The van der Waals surface area contributed by atoms with E-state index in [0.717, 1.165) is 22.2 Å². The predicted molar refractivity (Wildman–Crippen MR) is 89.7 cm³/mol. The summed E-state index contributed by atoms with van der Waals surface area (Å²) in [5.74, 6) is -0.815. The van der Waals surface area contributed by atoms with Gasteiger partial charge in [0.1, 0.15) is 16.1 Å². The van der Waals surface area contributed by atoms with Crippen LogP contribution in [0.2, 0.25) is 0 Å². The number of para-hydroxylation sites is 1. The maximum atomic E-state index is 12.4. The molecule has 116 valence electrons. The molecule has 22 heavy (non-hydrogen) atoms. The first-order valence-electron chi connectivity index (χ1n) is 6.67. The lowest BCUT2D eigenvalue weighted by molar-refractivity contribution is -0.144. The number of rotatable bonds is 5. The largest absolute Gasteiger partial charge is 0.493 e. The molecule has 0 spiro atoms. The minimum atomic E-state index is -1.09. The normalized spacial score (nSPS) is 17.9. The zero-order chi connectivity index (χ0) is 16.3. The third-order valence-electron chi connectivity index (χ3n) is 3.07. The fourth-order valence-electron chi connectivity index (χ4n) is 1.95. The van der Waals surface area contributed by atoms with Gasteiger partial charge in [0.2, 0.25) is 0 Å². The van der Waals surface area contributed by atoms with E-state index >= 15 is 0 Å². The molecule has 1 aromatic carbocycles. The van der Waals surface area contributed by atoms with E-state index in [-0.39, 0.29) is 4.32 Å². The second kappa shape index (κ2) is 6.93. The summed E-state index contributed by atoms with van der Waals surface area (Å²) in [6.07, 6.45) is 1.68. The molecule has 0 aromatic heterocycles. The number of nitrogens with zero attached hydrogens (tertiary/aromatic N) is 1. The molecule has 2 rings (SSSR count). The summed E-state index contributed by atoms with van der Waals surface area (Å²) in [7, 11) is 0. The highest BCUT2D eigenvalue weighted by Crippen LogP contribution is 2.35. The van der Waals surface area contributed by atoms with Crippen molar-refractivity contribution in [2.75, 3.05) is 6.61 Å². The van der Waals surface area contributed by atoms with Gasteiger partial charge in [-0.1, -0.05) is 42.2 Å². The van der Waals surface area contributed by atoms with Crippen molar-refractivity contribution in [3.63, 3.8) is 0 Å². The van der Waals surface area contributed by atoms with Gasteiger partial charge in [0.15, 0.2) is 0 Å². The maximum Gasteiger partial charge on any atom is 0.326 e. The summed E-state index contributed by atoms with van der Waals surface area (Å²) < 4.78 is 5.77. The summed E-state index contributed by atoms with van der Waals surface area (Å²) in [6.45, 7) is 3.83. The molecule has 0 bridgehead atoms. The Morgan fingerprint density at radius 3 is 2.82 bits per heavy atom. The van der Waals surface area contributed by atoms with Crippen molar-refractivity contribution in [3.05, 3.63) is 34.7 Å². The molecule has 1 aliphatic heterocycles. The Morgan fingerprint density at radius 2 is 2.18 bits per heavy atom. The highest BCUT2D eigenvalue weighted by atomic mass is 32.2. The molecule has 1 amide bonds. The number of ether oxygens (including phenoxy) is 1. The SMILES string of the molecule is CCOc1ccccc1/C=C1/SC(=S)N([C@H](C)C(=O)O)C1=O. The molecule has 0 radical (unpaired) electrons. The Balaban J connectivity index is 2.33. The molecule has 1 aromatic rings. The number of carbonyl (C=O) groups excluding carboxylic acids is 1. The number of thiocarbonyl (C=S) groups is 1.